The summed E-state index contributed by atoms with van der Waals surface area (Å²) in [5, 5.41) is 6.96. The maximum Gasteiger partial charge on any atom is 0.243 e. The number of carbonyl (C=O) groups is 1. The smallest absolute Gasteiger partial charge is 0.243 e. The number of nitrogens with zero attached hydrogens (tertiary/aromatic N) is 1. The molecule has 106 valence electrons. The van der Waals surface area contributed by atoms with Crippen LogP contribution >= 0.6 is 22.9 Å². The van der Waals surface area contributed by atoms with E-state index in [-0.39, 0.29) is 5.91 Å². The second kappa shape index (κ2) is 5.84. The van der Waals surface area contributed by atoms with Gasteiger partial charge in [0.1, 0.15) is 5.38 Å². The van der Waals surface area contributed by atoms with Crippen LogP contribution in [-0.4, -0.2) is 16.3 Å². The van der Waals surface area contributed by atoms with E-state index in [9.17, 15) is 4.79 Å². The molecule has 1 aromatic heterocycles. The van der Waals surface area contributed by atoms with Gasteiger partial charge in [0, 0.05) is 10.9 Å². The normalized spacial score (nSPS) is 12.3. The van der Waals surface area contributed by atoms with Gasteiger partial charge in [-0.05, 0) is 17.7 Å². The molecule has 1 amide bonds. The highest BCUT2D eigenvalue weighted by molar-refractivity contribution is 7.14. The molecule has 0 bridgehead atoms. The summed E-state index contributed by atoms with van der Waals surface area (Å²) in [6, 6.07) is 14.3. The van der Waals surface area contributed by atoms with Gasteiger partial charge < -0.3 is 5.32 Å². The van der Waals surface area contributed by atoms with Gasteiger partial charge in [-0.2, -0.15) is 0 Å². The minimum atomic E-state index is -0.574. The number of hydrogen-bond donors (Lipinski definition) is 1. The standard InChI is InChI=1S/C16H13ClN2OS/c1-10(17)15(20)19-16-18-14(9-21-16)13-8-4-6-11-5-2-3-7-12(11)13/h2-10H,1H3,(H,18,19,20)/t10-/m1/s1. The first-order valence-electron chi connectivity index (χ1n) is 6.54. The fourth-order valence-corrected chi connectivity index (χ4v) is 2.88. The summed E-state index contributed by atoms with van der Waals surface area (Å²) in [5.41, 5.74) is 1.91. The van der Waals surface area contributed by atoms with E-state index in [0.29, 0.717) is 5.13 Å². The molecule has 0 radical (unpaired) electrons. The fourth-order valence-electron chi connectivity index (χ4n) is 2.11. The maximum absolute atomic E-state index is 11.6. The van der Waals surface area contributed by atoms with E-state index >= 15 is 0 Å². The van der Waals surface area contributed by atoms with E-state index in [1.807, 2.05) is 29.6 Å². The predicted octanol–water partition coefficient (Wildman–Crippen LogP) is 4.53. The minimum Gasteiger partial charge on any atom is -0.301 e. The van der Waals surface area contributed by atoms with Gasteiger partial charge in [-0.3, -0.25) is 4.79 Å². The summed E-state index contributed by atoms with van der Waals surface area (Å²) in [7, 11) is 0. The van der Waals surface area contributed by atoms with Gasteiger partial charge in [0.15, 0.2) is 5.13 Å². The lowest BCUT2D eigenvalue weighted by Gasteiger charge is -2.04. The largest absolute Gasteiger partial charge is 0.301 e. The molecule has 1 atom stereocenters. The van der Waals surface area contributed by atoms with Gasteiger partial charge in [0.25, 0.3) is 0 Å². The number of alkyl halides is 1. The average Bonchev–Trinajstić information content (AvgIpc) is 2.95. The molecular weight excluding hydrogens is 304 g/mol. The van der Waals surface area contributed by atoms with E-state index < -0.39 is 5.38 Å². The zero-order chi connectivity index (χ0) is 14.8. The van der Waals surface area contributed by atoms with Gasteiger partial charge >= 0.3 is 0 Å². The zero-order valence-corrected chi connectivity index (χ0v) is 12.9. The van der Waals surface area contributed by atoms with Crippen molar-refractivity contribution in [1.29, 1.82) is 0 Å². The van der Waals surface area contributed by atoms with Gasteiger partial charge in [0.2, 0.25) is 5.91 Å². The van der Waals surface area contributed by atoms with Crippen LogP contribution in [0.4, 0.5) is 5.13 Å². The van der Waals surface area contributed by atoms with Crippen molar-refractivity contribution in [2.45, 2.75) is 12.3 Å². The summed E-state index contributed by atoms with van der Waals surface area (Å²) in [6.07, 6.45) is 0. The highest BCUT2D eigenvalue weighted by Gasteiger charge is 2.13. The third-order valence-electron chi connectivity index (χ3n) is 3.16. The maximum atomic E-state index is 11.6. The van der Waals surface area contributed by atoms with Crippen LogP contribution in [0.5, 0.6) is 0 Å². The number of carbonyl (C=O) groups excluding carboxylic acids is 1. The van der Waals surface area contributed by atoms with Crippen molar-refractivity contribution in [3.05, 3.63) is 47.8 Å². The van der Waals surface area contributed by atoms with E-state index in [1.54, 1.807) is 6.92 Å². The molecule has 0 aliphatic heterocycles. The second-order valence-corrected chi connectivity index (χ2v) is 6.18. The first kappa shape index (κ1) is 14.0. The molecule has 2 aromatic carbocycles. The lowest BCUT2D eigenvalue weighted by Crippen LogP contribution is -2.20. The van der Waals surface area contributed by atoms with Crippen molar-refractivity contribution in [1.82, 2.24) is 4.98 Å². The molecule has 1 N–H and O–H groups in total. The monoisotopic (exact) mass is 316 g/mol. The van der Waals surface area contributed by atoms with Gasteiger partial charge in [-0.15, -0.1) is 22.9 Å². The summed E-state index contributed by atoms with van der Waals surface area (Å²) in [4.78, 5) is 16.1. The van der Waals surface area contributed by atoms with E-state index in [0.717, 1.165) is 16.6 Å². The average molecular weight is 317 g/mol. The number of nitrogens with one attached hydrogen (secondary N) is 1. The summed E-state index contributed by atoms with van der Waals surface area (Å²) >= 11 is 7.14. The van der Waals surface area contributed by atoms with Crippen molar-refractivity contribution < 1.29 is 4.79 Å². The van der Waals surface area contributed by atoms with Crippen molar-refractivity contribution >= 4 is 44.7 Å². The van der Waals surface area contributed by atoms with Gasteiger partial charge in [-0.25, -0.2) is 4.98 Å². The molecule has 21 heavy (non-hydrogen) atoms. The molecule has 0 aliphatic rings. The SMILES string of the molecule is C[C@@H](Cl)C(=O)Nc1nc(-c2cccc3ccccc23)cs1. The Kier molecular flexibility index (Phi) is 3.90. The van der Waals surface area contributed by atoms with Crippen molar-refractivity contribution in [3.8, 4) is 11.3 Å². The van der Waals surface area contributed by atoms with Crippen LogP contribution in [0.3, 0.4) is 0 Å². The summed E-state index contributed by atoms with van der Waals surface area (Å²) in [5.74, 6) is -0.240. The molecule has 0 saturated carbocycles. The van der Waals surface area contributed by atoms with Crippen molar-refractivity contribution in [2.75, 3.05) is 5.32 Å². The Bertz CT molecular complexity index is 792. The molecule has 3 nitrogen and oxygen atoms in total. The highest BCUT2D eigenvalue weighted by Crippen LogP contribution is 2.30. The highest BCUT2D eigenvalue weighted by atomic mass is 35.5. The zero-order valence-electron chi connectivity index (χ0n) is 11.3. The third-order valence-corrected chi connectivity index (χ3v) is 4.12. The molecular formula is C16H13ClN2OS. The topological polar surface area (TPSA) is 42.0 Å². The van der Waals surface area contributed by atoms with Crippen LogP contribution in [0, 0.1) is 0 Å². The Morgan fingerprint density at radius 3 is 2.81 bits per heavy atom. The quantitative estimate of drug-likeness (QED) is 0.721. The van der Waals surface area contributed by atoms with Crippen LogP contribution in [0.2, 0.25) is 0 Å². The number of anilines is 1. The Morgan fingerprint density at radius 1 is 1.24 bits per heavy atom. The van der Waals surface area contributed by atoms with Crippen molar-refractivity contribution in [3.63, 3.8) is 0 Å². The van der Waals surface area contributed by atoms with Crippen LogP contribution in [-0.2, 0) is 4.79 Å². The van der Waals surface area contributed by atoms with Crippen LogP contribution in [0.15, 0.2) is 47.8 Å². The number of hydrogen-bond acceptors (Lipinski definition) is 3. The second-order valence-electron chi connectivity index (χ2n) is 4.67. The Balaban J connectivity index is 1.97. The summed E-state index contributed by atoms with van der Waals surface area (Å²) < 4.78 is 0. The molecule has 0 spiro atoms. The first-order chi connectivity index (χ1) is 10.1. The number of thiazole rings is 1. The number of halogens is 1. The minimum absolute atomic E-state index is 0.240. The number of aromatic nitrogens is 1. The van der Waals surface area contributed by atoms with Gasteiger partial charge in [0.05, 0.1) is 5.69 Å². The number of benzene rings is 2. The van der Waals surface area contributed by atoms with Crippen LogP contribution in [0.25, 0.3) is 22.0 Å². The van der Waals surface area contributed by atoms with Crippen molar-refractivity contribution in [2.24, 2.45) is 0 Å². The molecule has 3 rings (SSSR count). The summed E-state index contributed by atoms with van der Waals surface area (Å²) in [6.45, 7) is 1.64. The van der Waals surface area contributed by atoms with E-state index in [4.69, 9.17) is 11.6 Å². The Morgan fingerprint density at radius 2 is 2.00 bits per heavy atom. The lowest BCUT2D eigenvalue weighted by molar-refractivity contribution is -0.115. The fraction of sp³-hybridized carbons (Fsp3) is 0.125. The van der Waals surface area contributed by atoms with Gasteiger partial charge in [-0.1, -0.05) is 42.5 Å². The van der Waals surface area contributed by atoms with E-state index in [1.165, 1.54) is 16.7 Å². The van der Waals surface area contributed by atoms with Crippen LogP contribution in [0.1, 0.15) is 6.92 Å². The number of fused-ring (bicyclic) bond motifs is 1. The Hall–Kier alpha value is -1.91. The predicted molar refractivity (Wildman–Crippen MR) is 89.0 cm³/mol. The third kappa shape index (κ3) is 2.91. The molecule has 0 saturated heterocycles. The van der Waals surface area contributed by atoms with Crippen LogP contribution < -0.4 is 5.32 Å². The lowest BCUT2D eigenvalue weighted by atomic mass is 10.0. The Labute approximate surface area is 131 Å². The molecule has 5 heteroatoms. The molecule has 1 heterocycles. The molecule has 0 aliphatic carbocycles. The molecule has 0 fully saturated rings. The molecule has 0 unspecified atom stereocenters. The molecule has 3 aromatic rings. The number of rotatable bonds is 3. The first-order valence-corrected chi connectivity index (χ1v) is 7.85. The van der Waals surface area contributed by atoms with E-state index in [2.05, 4.69) is 28.5 Å². The number of amides is 1.